The maximum absolute atomic E-state index is 11.6. The van der Waals surface area contributed by atoms with Gasteiger partial charge in [-0.25, -0.2) is 0 Å². The van der Waals surface area contributed by atoms with E-state index in [2.05, 4.69) is 36.4 Å². The Morgan fingerprint density at radius 3 is 2.71 bits per heavy atom. The van der Waals surface area contributed by atoms with Crippen molar-refractivity contribution in [3.8, 4) is 5.75 Å². The number of aromatic nitrogens is 1. The molecule has 4 nitrogen and oxygen atoms in total. The first-order valence-corrected chi connectivity index (χ1v) is 10.4. The minimum atomic E-state index is -1.00. The molecule has 2 heterocycles. The van der Waals surface area contributed by atoms with E-state index < -0.39 is 5.60 Å². The molecule has 1 aliphatic rings. The number of hydrogen-bond donors (Lipinski definition) is 1. The number of nitrogens with zero attached hydrogens (tertiary/aromatic N) is 2. The van der Waals surface area contributed by atoms with Crippen LogP contribution < -0.4 is 4.74 Å². The third kappa shape index (κ3) is 4.39. The van der Waals surface area contributed by atoms with E-state index >= 15 is 0 Å². The van der Waals surface area contributed by atoms with Gasteiger partial charge < -0.3 is 9.84 Å². The second-order valence-electron chi connectivity index (χ2n) is 7.73. The fourth-order valence-electron chi connectivity index (χ4n) is 4.06. The minimum Gasteiger partial charge on any atom is -0.497 e. The summed E-state index contributed by atoms with van der Waals surface area (Å²) >= 11 is 0. The van der Waals surface area contributed by atoms with Crippen LogP contribution in [0.3, 0.4) is 0 Å². The smallest absolute Gasteiger partial charge is 0.119 e. The van der Waals surface area contributed by atoms with Gasteiger partial charge in [0.1, 0.15) is 11.4 Å². The SMILES string of the molecule is C=CC1CN(C(C)[C@](C)(O)c2ccnc3ccc(OC)cc23)CCC1C.CC. The zero-order valence-corrected chi connectivity index (χ0v) is 18.3. The fraction of sp³-hybridized carbons (Fsp3) is 0.542. The van der Waals surface area contributed by atoms with Gasteiger partial charge in [-0.1, -0.05) is 26.8 Å². The molecule has 28 heavy (non-hydrogen) atoms. The van der Waals surface area contributed by atoms with E-state index in [1.807, 2.05) is 45.0 Å². The van der Waals surface area contributed by atoms with Crippen molar-refractivity contribution in [3.05, 3.63) is 48.7 Å². The summed E-state index contributed by atoms with van der Waals surface area (Å²) < 4.78 is 5.38. The van der Waals surface area contributed by atoms with Crippen molar-refractivity contribution in [1.82, 2.24) is 9.88 Å². The largest absolute Gasteiger partial charge is 0.497 e. The molecule has 1 fully saturated rings. The number of piperidine rings is 1. The van der Waals surface area contributed by atoms with Gasteiger partial charge >= 0.3 is 0 Å². The topological polar surface area (TPSA) is 45.6 Å². The van der Waals surface area contributed by atoms with E-state index in [9.17, 15) is 5.11 Å². The molecule has 4 atom stereocenters. The summed E-state index contributed by atoms with van der Waals surface area (Å²) in [5.74, 6) is 1.89. The summed E-state index contributed by atoms with van der Waals surface area (Å²) in [5.41, 5.74) is 0.759. The van der Waals surface area contributed by atoms with Gasteiger partial charge in [0.15, 0.2) is 0 Å². The zero-order valence-electron chi connectivity index (χ0n) is 18.3. The lowest BCUT2D eigenvalue weighted by Crippen LogP contribution is -2.52. The molecule has 1 aromatic heterocycles. The Morgan fingerprint density at radius 1 is 1.36 bits per heavy atom. The van der Waals surface area contributed by atoms with E-state index in [-0.39, 0.29) is 6.04 Å². The number of methoxy groups -OCH3 is 1. The van der Waals surface area contributed by atoms with Crippen molar-refractivity contribution < 1.29 is 9.84 Å². The van der Waals surface area contributed by atoms with Crippen molar-refractivity contribution in [2.75, 3.05) is 20.2 Å². The van der Waals surface area contributed by atoms with Crippen molar-refractivity contribution >= 4 is 10.9 Å². The van der Waals surface area contributed by atoms with Crippen LogP contribution in [0, 0.1) is 11.8 Å². The van der Waals surface area contributed by atoms with Crippen LogP contribution in [0.25, 0.3) is 10.9 Å². The third-order valence-electron chi connectivity index (χ3n) is 6.21. The Kier molecular flexibility index (Phi) is 7.62. The van der Waals surface area contributed by atoms with E-state index in [1.54, 1.807) is 13.3 Å². The minimum absolute atomic E-state index is 0.0192. The van der Waals surface area contributed by atoms with Crippen LogP contribution in [0.2, 0.25) is 0 Å². The number of fused-ring (bicyclic) bond motifs is 1. The van der Waals surface area contributed by atoms with Gasteiger partial charge in [0.25, 0.3) is 0 Å². The number of likely N-dealkylation sites (tertiary alicyclic amines) is 1. The van der Waals surface area contributed by atoms with Crippen molar-refractivity contribution in [2.24, 2.45) is 11.8 Å². The van der Waals surface area contributed by atoms with Crippen molar-refractivity contribution in [2.45, 2.75) is 52.7 Å². The Morgan fingerprint density at radius 2 is 2.07 bits per heavy atom. The molecular formula is C24H36N2O2. The lowest BCUT2D eigenvalue weighted by atomic mass is 9.82. The summed E-state index contributed by atoms with van der Waals surface area (Å²) in [7, 11) is 1.66. The van der Waals surface area contributed by atoms with E-state index in [0.29, 0.717) is 11.8 Å². The van der Waals surface area contributed by atoms with Crippen LogP contribution >= 0.6 is 0 Å². The molecule has 4 heteroatoms. The normalized spacial score (nSPS) is 23.2. The number of rotatable bonds is 5. The molecule has 1 N–H and O–H groups in total. The summed E-state index contributed by atoms with van der Waals surface area (Å²) in [6.07, 6.45) is 4.96. The van der Waals surface area contributed by atoms with Gasteiger partial charge in [-0.3, -0.25) is 9.88 Å². The Hall–Kier alpha value is -1.91. The quantitative estimate of drug-likeness (QED) is 0.736. The van der Waals surface area contributed by atoms with Crippen LogP contribution in [0.1, 0.15) is 46.6 Å². The highest BCUT2D eigenvalue weighted by atomic mass is 16.5. The molecule has 154 valence electrons. The second kappa shape index (κ2) is 9.53. The summed E-state index contributed by atoms with van der Waals surface area (Å²) in [6, 6.07) is 7.71. The number of hydrogen-bond acceptors (Lipinski definition) is 4. The van der Waals surface area contributed by atoms with Crippen LogP contribution in [0.5, 0.6) is 5.75 Å². The lowest BCUT2D eigenvalue weighted by Gasteiger charge is -2.44. The average molecular weight is 385 g/mol. The van der Waals surface area contributed by atoms with Crippen molar-refractivity contribution in [3.63, 3.8) is 0 Å². The van der Waals surface area contributed by atoms with Crippen LogP contribution in [0.4, 0.5) is 0 Å². The maximum atomic E-state index is 11.6. The standard InChI is InChI=1S/C22H30N2O2.C2H6/c1-6-17-14-24(12-10-15(17)2)16(3)22(4,25)20-9-11-23-21-8-7-18(26-5)13-19(20)21;1-2/h6-9,11,13,15-17,25H,1,10,12,14H2,2-5H3;1-2H3/t15?,16?,17?,22-;/m0./s1. The molecule has 0 spiro atoms. The highest BCUT2D eigenvalue weighted by Crippen LogP contribution is 2.36. The van der Waals surface area contributed by atoms with Gasteiger partial charge in [-0.05, 0) is 68.5 Å². The molecule has 1 aromatic carbocycles. The predicted molar refractivity (Wildman–Crippen MR) is 118 cm³/mol. The molecule has 0 bridgehead atoms. The first kappa shape index (κ1) is 22.4. The first-order chi connectivity index (χ1) is 13.4. The molecular weight excluding hydrogens is 348 g/mol. The van der Waals surface area contributed by atoms with Gasteiger partial charge in [0, 0.05) is 24.2 Å². The third-order valence-corrected chi connectivity index (χ3v) is 6.21. The van der Waals surface area contributed by atoms with Crippen LogP contribution in [0.15, 0.2) is 43.1 Å². The number of ether oxygens (including phenoxy) is 1. The molecule has 3 rings (SSSR count). The molecule has 0 radical (unpaired) electrons. The Labute approximate surface area is 170 Å². The van der Waals surface area contributed by atoms with E-state index in [1.165, 1.54) is 0 Å². The molecule has 2 aromatic rings. The summed E-state index contributed by atoms with van der Waals surface area (Å²) in [6.45, 7) is 16.2. The number of aliphatic hydroxyl groups is 1. The van der Waals surface area contributed by atoms with Gasteiger partial charge in [-0.15, -0.1) is 6.58 Å². The monoisotopic (exact) mass is 384 g/mol. The average Bonchev–Trinajstić information content (AvgIpc) is 2.74. The van der Waals surface area contributed by atoms with Gasteiger partial charge in [0.2, 0.25) is 0 Å². The van der Waals surface area contributed by atoms with Crippen molar-refractivity contribution in [1.29, 1.82) is 0 Å². The second-order valence-corrected chi connectivity index (χ2v) is 7.73. The Bertz CT molecular complexity index is 787. The molecule has 1 saturated heterocycles. The zero-order chi connectivity index (χ0) is 20.9. The fourth-order valence-corrected chi connectivity index (χ4v) is 4.06. The van der Waals surface area contributed by atoms with E-state index in [0.717, 1.165) is 41.7 Å². The van der Waals surface area contributed by atoms with Gasteiger partial charge in [-0.2, -0.15) is 0 Å². The van der Waals surface area contributed by atoms with E-state index in [4.69, 9.17) is 4.74 Å². The molecule has 0 aliphatic carbocycles. The molecule has 3 unspecified atom stereocenters. The number of pyridine rings is 1. The maximum Gasteiger partial charge on any atom is 0.119 e. The van der Waals surface area contributed by atoms with Crippen LogP contribution in [-0.4, -0.2) is 41.2 Å². The van der Waals surface area contributed by atoms with Crippen LogP contribution in [-0.2, 0) is 5.60 Å². The summed E-state index contributed by atoms with van der Waals surface area (Å²) in [4.78, 5) is 6.83. The predicted octanol–water partition coefficient (Wildman–Crippen LogP) is 5.01. The summed E-state index contributed by atoms with van der Waals surface area (Å²) in [5, 5.41) is 12.5. The van der Waals surface area contributed by atoms with Gasteiger partial charge in [0.05, 0.1) is 12.6 Å². The molecule has 0 amide bonds. The molecule has 1 aliphatic heterocycles. The highest BCUT2D eigenvalue weighted by molar-refractivity contribution is 5.84. The highest BCUT2D eigenvalue weighted by Gasteiger charge is 2.38. The Balaban J connectivity index is 0.00000136. The lowest BCUT2D eigenvalue weighted by molar-refractivity contribution is -0.0454. The molecule has 0 saturated carbocycles. The number of benzene rings is 1. The first-order valence-electron chi connectivity index (χ1n) is 10.4.